The van der Waals surface area contributed by atoms with E-state index in [1.807, 2.05) is 13.1 Å². The van der Waals surface area contributed by atoms with E-state index in [1.165, 1.54) is 4.80 Å². The monoisotopic (exact) mass is 369 g/mol. The average Bonchev–Trinajstić information content (AvgIpc) is 3.16. The Labute approximate surface area is 154 Å². The number of primary amides is 1. The molecule has 3 aromatic rings. The SMILES string of the molecule is CNCCNc1nc(Nc2cccc(-n3nccn3)c2)c(C(N)=O)c(=O)[nH]1. The molecule has 2 aromatic heterocycles. The van der Waals surface area contributed by atoms with E-state index in [-0.39, 0.29) is 17.3 Å². The number of nitrogens with zero attached hydrogens (tertiary/aromatic N) is 4. The van der Waals surface area contributed by atoms with Gasteiger partial charge in [-0.15, -0.1) is 0 Å². The van der Waals surface area contributed by atoms with Gasteiger partial charge >= 0.3 is 0 Å². The van der Waals surface area contributed by atoms with Crippen LogP contribution in [0.2, 0.25) is 0 Å². The van der Waals surface area contributed by atoms with Crippen LogP contribution in [0.4, 0.5) is 17.5 Å². The van der Waals surface area contributed by atoms with Crippen LogP contribution >= 0.6 is 0 Å². The summed E-state index contributed by atoms with van der Waals surface area (Å²) in [6.45, 7) is 1.21. The Morgan fingerprint density at radius 3 is 2.74 bits per heavy atom. The molecule has 0 aliphatic heterocycles. The second kappa shape index (κ2) is 8.10. The maximum absolute atomic E-state index is 12.3. The fourth-order valence-electron chi connectivity index (χ4n) is 2.38. The van der Waals surface area contributed by atoms with Crippen molar-refractivity contribution in [1.82, 2.24) is 30.3 Å². The summed E-state index contributed by atoms with van der Waals surface area (Å²) in [5.41, 5.74) is 5.76. The number of hydrogen-bond acceptors (Lipinski definition) is 8. The van der Waals surface area contributed by atoms with Crippen molar-refractivity contribution >= 4 is 23.4 Å². The Balaban J connectivity index is 1.94. The largest absolute Gasteiger partial charge is 0.365 e. The third-order valence-electron chi connectivity index (χ3n) is 3.59. The van der Waals surface area contributed by atoms with Crippen molar-refractivity contribution in [3.63, 3.8) is 0 Å². The lowest BCUT2D eigenvalue weighted by Gasteiger charge is -2.12. The van der Waals surface area contributed by atoms with Crippen LogP contribution in [0.25, 0.3) is 5.69 Å². The fourth-order valence-corrected chi connectivity index (χ4v) is 2.38. The van der Waals surface area contributed by atoms with Crippen molar-refractivity contribution in [1.29, 1.82) is 0 Å². The minimum atomic E-state index is -0.877. The zero-order valence-corrected chi connectivity index (χ0v) is 14.6. The van der Waals surface area contributed by atoms with Crippen LogP contribution in [0.15, 0.2) is 41.5 Å². The number of amides is 1. The molecule has 140 valence electrons. The number of likely N-dealkylation sites (N-methyl/N-ethyl adjacent to an activating group) is 1. The Kier molecular flexibility index (Phi) is 5.42. The molecule has 0 spiro atoms. The number of nitrogens with two attached hydrogens (primary N) is 1. The first-order valence-corrected chi connectivity index (χ1v) is 8.15. The Hall–Kier alpha value is -3.73. The number of benzene rings is 1. The maximum Gasteiger partial charge on any atom is 0.267 e. The van der Waals surface area contributed by atoms with Gasteiger partial charge in [-0.25, -0.2) is 0 Å². The van der Waals surface area contributed by atoms with Crippen LogP contribution in [-0.2, 0) is 0 Å². The minimum Gasteiger partial charge on any atom is -0.365 e. The number of hydrogen-bond donors (Lipinski definition) is 5. The highest BCUT2D eigenvalue weighted by molar-refractivity contribution is 5.98. The molecular weight excluding hydrogens is 350 g/mol. The van der Waals surface area contributed by atoms with Gasteiger partial charge in [0.25, 0.3) is 11.5 Å². The van der Waals surface area contributed by atoms with Gasteiger partial charge in [0.1, 0.15) is 5.56 Å². The summed E-state index contributed by atoms with van der Waals surface area (Å²) in [5, 5.41) is 17.0. The molecule has 6 N–H and O–H groups in total. The molecule has 3 rings (SSSR count). The molecule has 2 heterocycles. The van der Waals surface area contributed by atoms with E-state index >= 15 is 0 Å². The molecule has 0 aliphatic rings. The Bertz CT molecular complexity index is 982. The van der Waals surface area contributed by atoms with Gasteiger partial charge in [-0.05, 0) is 25.2 Å². The smallest absolute Gasteiger partial charge is 0.267 e. The van der Waals surface area contributed by atoms with Gasteiger partial charge in [0.15, 0.2) is 5.82 Å². The molecule has 11 heteroatoms. The van der Waals surface area contributed by atoms with Gasteiger partial charge in [-0.2, -0.15) is 20.0 Å². The number of anilines is 3. The molecule has 0 bridgehead atoms. The molecule has 11 nitrogen and oxygen atoms in total. The van der Waals surface area contributed by atoms with Crippen molar-refractivity contribution in [2.45, 2.75) is 0 Å². The van der Waals surface area contributed by atoms with Gasteiger partial charge in [0, 0.05) is 18.8 Å². The topological polar surface area (TPSA) is 156 Å². The molecule has 0 saturated heterocycles. The molecule has 0 atom stereocenters. The van der Waals surface area contributed by atoms with Crippen molar-refractivity contribution in [2.75, 3.05) is 30.8 Å². The number of nitrogens with one attached hydrogen (secondary N) is 4. The van der Waals surface area contributed by atoms with Gasteiger partial charge in [-0.1, -0.05) is 6.07 Å². The van der Waals surface area contributed by atoms with Crippen LogP contribution in [0, 0.1) is 0 Å². The first kappa shape index (κ1) is 18.1. The van der Waals surface area contributed by atoms with Crippen molar-refractivity contribution in [3.05, 3.63) is 52.6 Å². The molecule has 0 aliphatic carbocycles. The summed E-state index contributed by atoms with van der Waals surface area (Å²) < 4.78 is 0. The predicted molar refractivity (Wildman–Crippen MR) is 100 cm³/mol. The highest BCUT2D eigenvalue weighted by Crippen LogP contribution is 2.19. The molecule has 1 aromatic carbocycles. The van der Waals surface area contributed by atoms with E-state index < -0.39 is 11.5 Å². The zero-order valence-electron chi connectivity index (χ0n) is 14.6. The van der Waals surface area contributed by atoms with Gasteiger partial charge in [0.2, 0.25) is 5.95 Å². The Morgan fingerprint density at radius 1 is 1.26 bits per heavy atom. The summed E-state index contributed by atoms with van der Waals surface area (Å²) in [4.78, 5) is 32.2. The molecular formula is C16H19N9O2. The molecule has 1 amide bonds. The molecule has 0 radical (unpaired) electrons. The number of H-pyrrole nitrogens is 1. The van der Waals surface area contributed by atoms with Crippen LogP contribution in [0.1, 0.15) is 10.4 Å². The number of aromatic nitrogens is 5. The number of carbonyl (C=O) groups is 1. The lowest BCUT2D eigenvalue weighted by atomic mass is 10.2. The van der Waals surface area contributed by atoms with Crippen molar-refractivity contribution in [3.8, 4) is 5.69 Å². The summed E-state index contributed by atoms with van der Waals surface area (Å²) in [5.74, 6) is -0.589. The van der Waals surface area contributed by atoms with Crippen LogP contribution in [0.3, 0.4) is 0 Å². The van der Waals surface area contributed by atoms with E-state index in [1.54, 1.807) is 30.6 Å². The second-order valence-electron chi connectivity index (χ2n) is 5.53. The highest BCUT2D eigenvalue weighted by atomic mass is 16.2. The predicted octanol–water partition coefficient (Wildman–Crippen LogP) is -0.176. The van der Waals surface area contributed by atoms with E-state index in [0.717, 1.165) is 0 Å². The van der Waals surface area contributed by atoms with Crippen molar-refractivity contribution < 1.29 is 4.79 Å². The van der Waals surface area contributed by atoms with Crippen LogP contribution in [-0.4, -0.2) is 51.0 Å². The zero-order chi connectivity index (χ0) is 19.2. The van der Waals surface area contributed by atoms with Gasteiger partial charge in [0.05, 0.1) is 18.1 Å². The third-order valence-corrected chi connectivity index (χ3v) is 3.59. The van der Waals surface area contributed by atoms with Crippen LogP contribution in [0.5, 0.6) is 0 Å². The second-order valence-corrected chi connectivity index (χ2v) is 5.53. The third kappa shape index (κ3) is 4.27. The lowest BCUT2D eigenvalue weighted by molar-refractivity contribution is 0.0999. The van der Waals surface area contributed by atoms with E-state index in [4.69, 9.17) is 5.73 Å². The number of carbonyl (C=O) groups excluding carboxylic acids is 1. The van der Waals surface area contributed by atoms with E-state index in [9.17, 15) is 9.59 Å². The molecule has 27 heavy (non-hydrogen) atoms. The van der Waals surface area contributed by atoms with Crippen molar-refractivity contribution in [2.24, 2.45) is 5.73 Å². The van der Waals surface area contributed by atoms with E-state index in [2.05, 4.69) is 36.1 Å². The number of rotatable bonds is 8. The first-order valence-electron chi connectivity index (χ1n) is 8.15. The number of aromatic amines is 1. The molecule has 0 unspecified atom stereocenters. The lowest BCUT2D eigenvalue weighted by Crippen LogP contribution is -2.28. The van der Waals surface area contributed by atoms with Gasteiger partial charge < -0.3 is 21.7 Å². The highest BCUT2D eigenvalue weighted by Gasteiger charge is 2.17. The van der Waals surface area contributed by atoms with Gasteiger partial charge in [-0.3, -0.25) is 14.6 Å². The summed E-state index contributed by atoms with van der Waals surface area (Å²) in [6.07, 6.45) is 3.12. The van der Waals surface area contributed by atoms with Crippen LogP contribution < -0.4 is 27.2 Å². The quantitative estimate of drug-likeness (QED) is 0.343. The summed E-state index contributed by atoms with van der Waals surface area (Å²) >= 11 is 0. The standard InChI is InChI=1S/C16H19N9O2/c1-18-5-6-19-16-23-14(12(13(17)26)15(27)24-16)22-10-3-2-4-11(9-10)25-20-7-8-21-25/h2-4,7-9,18H,5-6H2,1H3,(H2,17,26)(H3,19,22,23,24,27). The maximum atomic E-state index is 12.3. The minimum absolute atomic E-state index is 0.0591. The normalized spacial score (nSPS) is 10.6. The Morgan fingerprint density at radius 2 is 2.04 bits per heavy atom. The average molecular weight is 369 g/mol. The molecule has 0 saturated carbocycles. The first-order chi connectivity index (χ1) is 13.1. The summed E-state index contributed by atoms with van der Waals surface area (Å²) in [7, 11) is 1.81. The summed E-state index contributed by atoms with van der Waals surface area (Å²) in [6, 6.07) is 7.11. The van der Waals surface area contributed by atoms with E-state index in [0.29, 0.717) is 24.5 Å². The fraction of sp³-hybridized carbons (Fsp3) is 0.188. The molecule has 0 fully saturated rings.